The number of β-lactam (4-membered cyclic amide) rings is 1. The molecule has 1 fully saturated rings. The number of aromatic nitrogens is 2. The van der Waals surface area contributed by atoms with Crippen LogP contribution in [0.1, 0.15) is 12.0 Å². The van der Waals surface area contributed by atoms with Crippen molar-refractivity contribution in [3.05, 3.63) is 68.3 Å². The smallest absolute Gasteiger partial charge is 0.357 e. The summed E-state index contributed by atoms with van der Waals surface area (Å²) in [6.45, 7) is -0.0581. The Morgan fingerprint density at radius 2 is 2.04 bits per heavy atom. The van der Waals surface area contributed by atoms with Gasteiger partial charge in [0, 0.05) is 24.5 Å². The van der Waals surface area contributed by atoms with E-state index < -0.39 is 10.9 Å². The summed E-state index contributed by atoms with van der Waals surface area (Å²) in [4.78, 5) is 44.6. The van der Waals surface area contributed by atoms with E-state index in [1.54, 1.807) is 18.5 Å². The van der Waals surface area contributed by atoms with Crippen molar-refractivity contribution >= 4 is 41.1 Å². The average molecular weight is 416 g/mol. The highest BCUT2D eigenvalue weighted by atomic mass is 32.2. The van der Waals surface area contributed by atoms with Gasteiger partial charge in [0.2, 0.25) is 5.91 Å². The van der Waals surface area contributed by atoms with Crippen molar-refractivity contribution in [1.29, 1.82) is 0 Å². The summed E-state index contributed by atoms with van der Waals surface area (Å²) in [5.41, 5.74) is 0.767. The highest BCUT2D eigenvalue weighted by Crippen LogP contribution is 2.51. The van der Waals surface area contributed by atoms with Gasteiger partial charge in [0.05, 0.1) is 21.0 Å². The maximum Gasteiger partial charge on any atom is 0.357 e. The van der Waals surface area contributed by atoms with Crippen LogP contribution in [0.3, 0.4) is 0 Å². The third-order valence-electron chi connectivity index (χ3n) is 4.02. The van der Waals surface area contributed by atoms with E-state index in [9.17, 15) is 19.7 Å². The molecule has 1 aromatic carbocycles. The van der Waals surface area contributed by atoms with Gasteiger partial charge in [-0.3, -0.25) is 19.8 Å². The first-order valence-electron chi connectivity index (χ1n) is 8.11. The molecular formula is C17H12N4O5S2. The number of thioether (sulfide) groups is 2. The SMILES string of the molecule is O=C(OCc1ccc([N+](=O)[O-])cc1)C1=C(Sc2ncccn2)S[C@@H]2CC(=O)N12. The van der Waals surface area contributed by atoms with Gasteiger partial charge in [-0.15, -0.1) is 0 Å². The maximum atomic E-state index is 12.7. The number of rotatable bonds is 6. The fourth-order valence-electron chi connectivity index (χ4n) is 2.63. The molecule has 0 aliphatic carbocycles. The predicted molar refractivity (Wildman–Crippen MR) is 101 cm³/mol. The van der Waals surface area contributed by atoms with Crippen molar-refractivity contribution < 1.29 is 19.2 Å². The molecule has 11 heteroatoms. The van der Waals surface area contributed by atoms with E-state index in [0.29, 0.717) is 21.4 Å². The van der Waals surface area contributed by atoms with Gasteiger partial charge in [-0.25, -0.2) is 14.8 Å². The highest BCUT2D eigenvalue weighted by Gasteiger charge is 2.49. The zero-order valence-corrected chi connectivity index (χ0v) is 15.8. The normalized spacial score (nSPS) is 17.9. The predicted octanol–water partition coefficient (Wildman–Crippen LogP) is 2.69. The number of hydrogen-bond donors (Lipinski definition) is 0. The molecule has 142 valence electrons. The summed E-state index contributed by atoms with van der Waals surface area (Å²) in [5.74, 6) is -0.760. The molecule has 2 aliphatic rings. The van der Waals surface area contributed by atoms with Gasteiger partial charge >= 0.3 is 5.97 Å². The summed E-state index contributed by atoms with van der Waals surface area (Å²) in [5, 5.41) is 11.1. The second-order valence-corrected chi connectivity index (χ2v) is 8.23. The second-order valence-electron chi connectivity index (χ2n) is 5.81. The maximum absolute atomic E-state index is 12.7. The molecule has 9 nitrogen and oxygen atoms in total. The van der Waals surface area contributed by atoms with Gasteiger partial charge in [0.1, 0.15) is 6.61 Å². The van der Waals surface area contributed by atoms with E-state index in [1.807, 2.05) is 0 Å². The number of nitro groups is 1. The molecule has 0 saturated carbocycles. The Kier molecular flexibility index (Phi) is 5.01. The van der Waals surface area contributed by atoms with Crippen LogP contribution in [0, 0.1) is 10.1 Å². The Morgan fingerprint density at radius 3 is 2.68 bits per heavy atom. The van der Waals surface area contributed by atoms with E-state index in [4.69, 9.17) is 4.74 Å². The first-order valence-corrected chi connectivity index (χ1v) is 9.81. The van der Waals surface area contributed by atoms with Crippen molar-refractivity contribution in [2.24, 2.45) is 0 Å². The van der Waals surface area contributed by atoms with Gasteiger partial charge in [-0.1, -0.05) is 11.8 Å². The van der Waals surface area contributed by atoms with Crippen molar-refractivity contribution in [3.8, 4) is 0 Å². The van der Waals surface area contributed by atoms with Crippen molar-refractivity contribution in [2.75, 3.05) is 0 Å². The minimum Gasteiger partial charge on any atom is -0.456 e. The average Bonchev–Trinajstić information content (AvgIpc) is 2.99. The van der Waals surface area contributed by atoms with Crippen LogP contribution < -0.4 is 0 Å². The standard InChI is InChI=1S/C17H12N4O5S2/c22-12-8-13-20(12)14(16(27-13)28-17-18-6-1-7-19-17)15(23)26-9-10-2-4-11(5-3-10)21(24)25/h1-7,13H,8-9H2/t13-/m1/s1. The molecule has 0 unspecified atom stereocenters. The molecule has 1 saturated heterocycles. The molecule has 2 aliphatic heterocycles. The van der Waals surface area contributed by atoms with Gasteiger partial charge in [-0.2, -0.15) is 0 Å². The molecule has 0 radical (unpaired) electrons. The zero-order valence-electron chi connectivity index (χ0n) is 14.2. The summed E-state index contributed by atoms with van der Waals surface area (Å²) >= 11 is 2.63. The van der Waals surface area contributed by atoms with E-state index >= 15 is 0 Å². The first-order chi connectivity index (χ1) is 13.5. The molecule has 1 atom stereocenters. The lowest BCUT2D eigenvalue weighted by Crippen LogP contribution is -2.48. The number of nitro benzene ring substituents is 1. The Morgan fingerprint density at radius 1 is 1.32 bits per heavy atom. The van der Waals surface area contributed by atoms with Crippen molar-refractivity contribution in [1.82, 2.24) is 14.9 Å². The number of esters is 1. The van der Waals surface area contributed by atoms with Gasteiger partial charge < -0.3 is 4.74 Å². The minimum absolute atomic E-state index is 0.0412. The Balaban J connectivity index is 1.50. The zero-order chi connectivity index (χ0) is 19.7. The number of amides is 1. The summed E-state index contributed by atoms with van der Waals surface area (Å²) in [7, 11) is 0. The lowest BCUT2D eigenvalue weighted by atomic mass is 10.2. The van der Waals surface area contributed by atoms with Crippen molar-refractivity contribution in [2.45, 2.75) is 23.6 Å². The van der Waals surface area contributed by atoms with Gasteiger partial charge in [-0.05, 0) is 35.5 Å². The van der Waals surface area contributed by atoms with Crippen LogP contribution in [0.15, 0.2) is 57.8 Å². The third-order valence-corrected chi connectivity index (χ3v) is 6.39. The Labute approximate surface area is 167 Å². The minimum atomic E-state index is -0.625. The molecule has 1 aromatic heterocycles. The van der Waals surface area contributed by atoms with E-state index in [1.165, 1.54) is 52.7 Å². The molecule has 1 amide bonds. The summed E-state index contributed by atoms with van der Waals surface area (Å²) in [6, 6.07) is 7.42. The number of benzene rings is 1. The molecule has 3 heterocycles. The van der Waals surface area contributed by atoms with Crippen LogP contribution in [0.2, 0.25) is 0 Å². The van der Waals surface area contributed by atoms with Crippen LogP contribution in [-0.2, 0) is 20.9 Å². The molecule has 2 aromatic rings. The topological polar surface area (TPSA) is 116 Å². The first kappa shape index (κ1) is 18.4. The van der Waals surface area contributed by atoms with E-state index in [-0.39, 0.29) is 29.3 Å². The summed E-state index contributed by atoms with van der Waals surface area (Å²) < 4.78 is 5.97. The molecule has 4 rings (SSSR count). The van der Waals surface area contributed by atoms with Crippen LogP contribution in [-0.4, -0.2) is 37.0 Å². The highest BCUT2D eigenvalue weighted by molar-refractivity contribution is 8.22. The fraction of sp³-hybridized carbons (Fsp3) is 0.176. The second kappa shape index (κ2) is 7.60. The van der Waals surface area contributed by atoms with Gasteiger partial charge in [0.25, 0.3) is 5.69 Å². The Bertz CT molecular complexity index is 981. The third kappa shape index (κ3) is 3.58. The van der Waals surface area contributed by atoms with Crippen molar-refractivity contribution in [3.63, 3.8) is 0 Å². The molecule has 28 heavy (non-hydrogen) atoms. The lowest BCUT2D eigenvalue weighted by molar-refractivity contribution is -0.384. The quantitative estimate of drug-likeness (QED) is 0.230. The van der Waals surface area contributed by atoms with E-state index in [2.05, 4.69) is 9.97 Å². The van der Waals surface area contributed by atoms with Crippen LogP contribution in [0.25, 0.3) is 0 Å². The monoisotopic (exact) mass is 416 g/mol. The Hall–Kier alpha value is -2.92. The summed E-state index contributed by atoms with van der Waals surface area (Å²) in [6.07, 6.45) is 3.56. The number of hydrogen-bond acceptors (Lipinski definition) is 9. The van der Waals surface area contributed by atoms with Crippen LogP contribution in [0.4, 0.5) is 5.69 Å². The number of nitrogens with zero attached hydrogens (tertiary/aromatic N) is 4. The number of ether oxygens (including phenoxy) is 1. The largest absolute Gasteiger partial charge is 0.456 e. The van der Waals surface area contributed by atoms with E-state index in [0.717, 1.165) is 0 Å². The molecule has 0 bridgehead atoms. The van der Waals surface area contributed by atoms with Gasteiger partial charge in [0.15, 0.2) is 10.9 Å². The number of fused-ring (bicyclic) bond motifs is 1. The molecule has 0 N–H and O–H groups in total. The number of non-ortho nitro benzene ring substituents is 1. The lowest BCUT2D eigenvalue weighted by Gasteiger charge is -2.34. The molecular weight excluding hydrogens is 404 g/mol. The number of carbonyl (C=O) groups is 2. The fourth-order valence-corrected chi connectivity index (χ4v) is 5.15. The number of carbonyl (C=O) groups excluding carboxylic acids is 2. The molecule has 0 spiro atoms. The van der Waals surface area contributed by atoms with Crippen LogP contribution >= 0.6 is 23.5 Å². The van der Waals surface area contributed by atoms with Crippen LogP contribution in [0.5, 0.6) is 0 Å².